The molecular weight excluding hydrogens is 212 g/mol. The first-order valence-corrected chi connectivity index (χ1v) is 7.19. The zero-order chi connectivity index (χ0) is 12.3. The van der Waals surface area contributed by atoms with Gasteiger partial charge in [0.15, 0.2) is 0 Å². The van der Waals surface area contributed by atoms with Gasteiger partial charge in [0.25, 0.3) is 0 Å². The van der Waals surface area contributed by atoms with Crippen molar-refractivity contribution in [2.24, 2.45) is 17.8 Å². The van der Waals surface area contributed by atoms with E-state index in [2.05, 4.69) is 24.5 Å². The summed E-state index contributed by atoms with van der Waals surface area (Å²) in [6.45, 7) is 6.59. The SMILES string of the molecule is CC1CCCC1C(=O)NC(C)C1CCNCC1. The minimum absolute atomic E-state index is 0.277. The number of carbonyl (C=O) groups excluding carboxylic acids is 1. The smallest absolute Gasteiger partial charge is 0.223 e. The second-order valence-electron chi connectivity index (χ2n) is 5.90. The molecule has 98 valence electrons. The number of nitrogens with one attached hydrogen (secondary N) is 2. The molecule has 3 heteroatoms. The second kappa shape index (κ2) is 5.85. The summed E-state index contributed by atoms with van der Waals surface area (Å²) < 4.78 is 0. The number of hydrogen-bond donors (Lipinski definition) is 2. The molecule has 1 heterocycles. The third-order valence-electron chi connectivity index (χ3n) is 4.66. The number of amides is 1. The molecule has 2 rings (SSSR count). The van der Waals surface area contributed by atoms with Crippen molar-refractivity contribution in [1.82, 2.24) is 10.6 Å². The molecule has 2 N–H and O–H groups in total. The highest BCUT2D eigenvalue weighted by atomic mass is 16.2. The minimum Gasteiger partial charge on any atom is -0.353 e. The Morgan fingerprint density at radius 2 is 1.94 bits per heavy atom. The van der Waals surface area contributed by atoms with Gasteiger partial charge < -0.3 is 10.6 Å². The molecule has 2 aliphatic rings. The Labute approximate surface area is 105 Å². The Morgan fingerprint density at radius 1 is 1.24 bits per heavy atom. The van der Waals surface area contributed by atoms with Gasteiger partial charge in [-0.05, 0) is 57.5 Å². The van der Waals surface area contributed by atoms with Gasteiger partial charge in [-0.2, -0.15) is 0 Å². The van der Waals surface area contributed by atoms with Crippen LogP contribution >= 0.6 is 0 Å². The van der Waals surface area contributed by atoms with Crippen LogP contribution in [0.2, 0.25) is 0 Å². The molecule has 2 fully saturated rings. The van der Waals surface area contributed by atoms with Crippen LogP contribution < -0.4 is 10.6 Å². The summed E-state index contributed by atoms with van der Waals surface area (Å²) in [6.07, 6.45) is 5.93. The van der Waals surface area contributed by atoms with Crippen LogP contribution in [0.25, 0.3) is 0 Å². The van der Waals surface area contributed by atoms with Crippen molar-refractivity contribution < 1.29 is 4.79 Å². The Bertz CT molecular complexity index is 261. The maximum Gasteiger partial charge on any atom is 0.223 e. The van der Waals surface area contributed by atoms with Gasteiger partial charge in [-0.1, -0.05) is 13.3 Å². The van der Waals surface area contributed by atoms with Crippen molar-refractivity contribution in [2.45, 2.75) is 52.0 Å². The first kappa shape index (κ1) is 12.9. The quantitative estimate of drug-likeness (QED) is 0.789. The fraction of sp³-hybridized carbons (Fsp3) is 0.929. The van der Waals surface area contributed by atoms with Crippen LogP contribution in [0.4, 0.5) is 0 Å². The summed E-state index contributed by atoms with van der Waals surface area (Å²) >= 11 is 0. The van der Waals surface area contributed by atoms with Crippen LogP contribution in [0.15, 0.2) is 0 Å². The molecule has 1 saturated carbocycles. The van der Waals surface area contributed by atoms with Gasteiger partial charge in [-0.15, -0.1) is 0 Å². The number of piperidine rings is 1. The fourth-order valence-corrected chi connectivity index (χ4v) is 3.33. The second-order valence-corrected chi connectivity index (χ2v) is 5.90. The minimum atomic E-state index is 0.277. The molecule has 0 aromatic heterocycles. The molecule has 0 aromatic carbocycles. The lowest BCUT2D eigenvalue weighted by Crippen LogP contribution is -2.45. The van der Waals surface area contributed by atoms with E-state index in [-0.39, 0.29) is 5.92 Å². The topological polar surface area (TPSA) is 41.1 Å². The zero-order valence-corrected chi connectivity index (χ0v) is 11.2. The first-order valence-electron chi connectivity index (χ1n) is 7.19. The van der Waals surface area contributed by atoms with E-state index in [1.54, 1.807) is 0 Å². The molecular formula is C14H26N2O. The molecule has 1 saturated heterocycles. The predicted octanol–water partition coefficient (Wildman–Crippen LogP) is 1.93. The van der Waals surface area contributed by atoms with Crippen molar-refractivity contribution in [3.63, 3.8) is 0 Å². The molecule has 3 unspecified atom stereocenters. The van der Waals surface area contributed by atoms with Crippen LogP contribution in [-0.4, -0.2) is 25.0 Å². The largest absolute Gasteiger partial charge is 0.353 e. The fourth-order valence-electron chi connectivity index (χ4n) is 3.33. The average Bonchev–Trinajstić information content (AvgIpc) is 2.76. The monoisotopic (exact) mass is 238 g/mol. The summed E-state index contributed by atoms with van der Waals surface area (Å²) in [6, 6.07) is 0.345. The summed E-state index contributed by atoms with van der Waals surface area (Å²) in [5.74, 6) is 1.83. The lowest BCUT2D eigenvalue weighted by atomic mass is 9.90. The molecule has 17 heavy (non-hydrogen) atoms. The van der Waals surface area contributed by atoms with E-state index in [1.807, 2.05) is 0 Å². The van der Waals surface area contributed by atoms with Gasteiger partial charge in [0.2, 0.25) is 5.91 Å². The predicted molar refractivity (Wildman–Crippen MR) is 69.7 cm³/mol. The van der Waals surface area contributed by atoms with Crippen LogP contribution in [0.3, 0.4) is 0 Å². The highest BCUT2D eigenvalue weighted by Crippen LogP contribution is 2.31. The van der Waals surface area contributed by atoms with E-state index >= 15 is 0 Å². The van der Waals surface area contributed by atoms with E-state index in [9.17, 15) is 4.79 Å². The van der Waals surface area contributed by atoms with Crippen molar-refractivity contribution in [3.8, 4) is 0 Å². The van der Waals surface area contributed by atoms with Gasteiger partial charge >= 0.3 is 0 Å². The van der Waals surface area contributed by atoms with Crippen molar-refractivity contribution in [1.29, 1.82) is 0 Å². The van der Waals surface area contributed by atoms with E-state index in [0.29, 0.717) is 23.8 Å². The summed E-state index contributed by atoms with van der Waals surface area (Å²) in [5, 5.41) is 6.63. The standard InChI is InChI=1S/C14H26N2O/c1-10-4-3-5-13(10)14(17)16-11(2)12-6-8-15-9-7-12/h10-13,15H,3-9H2,1-2H3,(H,16,17). The molecule has 3 nitrogen and oxygen atoms in total. The highest BCUT2D eigenvalue weighted by molar-refractivity contribution is 5.79. The Hall–Kier alpha value is -0.570. The summed E-state index contributed by atoms with van der Waals surface area (Å²) in [4.78, 5) is 12.2. The van der Waals surface area contributed by atoms with Crippen molar-refractivity contribution in [3.05, 3.63) is 0 Å². The molecule has 0 spiro atoms. The Balaban J connectivity index is 1.80. The Morgan fingerprint density at radius 3 is 2.53 bits per heavy atom. The molecule has 1 amide bonds. The lowest BCUT2D eigenvalue weighted by molar-refractivity contribution is -0.126. The van der Waals surface area contributed by atoms with Gasteiger partial charge in [-0.25, -0.2) is 0 Å². The normalized spacial score (nSPS) is 32.4. The molecule has 3 atom stereocenters. The summed E-state index contributed by atoms with van der Waals surface area (Å²) in [5.41, 5.74) is 0. The number of rotatable bonds is 3. The maximum absolute atomic E-state index is 12.2. The molecule has 1 aliphatic heterocycles. The van der Waals surface area contributed by atoms with Gasteiger partial charge in [-0.3, -0.25) is 4.79 Å². The summed E-state index contributed by atoms with van der Waals surface area (Å²) in [7, 11) is 0. The van der Waals surface area contributed by atoms with E-state index < -0.39 is 0 Å². The van der Waals surface area contributed by atoms with Crippen LogP contribution in [0, 0.1) is 17.8 Å². The zero-order valence-electron chi connectivity index (χ0n) is 11.2. The number of hydrogen-bond acceptors (Lipinski definition) is 2. The van der Waals surface area contributed by atoms with Crippen LogP contribution in [-0.2, 0) is 4.79 Å². The van der Waals surface area contributed by atoms with E-state index in [0.717, 1.165) is 19.5 Å². The average molecular weight is 238 g/mol. The van der Waals surface area contributed by atoms with Crippen LogP contribution in [0.1, 0.15) is 46.0 Å². The van der Waals surface area contributed by atoms with E-state index in [1.165, 1.54) is 25.7 Å². The third kappa shape index (κ3) is 3.21. The lowest BCUT2D eigenvalue weighted by Gasteiger charge is -2.30. The molecule has 0 bridgehead atoms. The molecule has 1 aliphatic carbocycles. The number of carbonyl (C=O) groups is 1. The van der Waals surface area contributed by atoms with Crippen molar-refractivity contribution >= 4 is 5.91 Å². The molecule has 0 radical (unpaired) electrons. The third-order valence-corrected chi connectivity index (χ3v) is 4.66. The molecule has 0 aromatic rings. The van der Waals surface area contributed by atoms with Gasteiger partial charge in [0.05, 0.1) is 0 Å². The first-order chi connectivity index (χ1) is 8.18. The van der Waals surface area contributed by atoms with E-state index in [4.69, 9.17) is 0 Å². The van der Waals surface area contributed by atoms with Crippen LogP contribution in [0.5, 0.6) is 0 Å². The van der Waals surface area contributed by atoms with Gasteiger partial charge in [0, 0.05) is 12.0 Å². The van der Waals surface area contributed by atoms with Crippen molar-refractivity contribution in [2.75, 3.05) is 13.1 Å². The maximum atomic E-state index is 12.2. The highest BCUT2D eigenvalue weighted by Gasteiger charge is 2.31. The Kier molecular flexibility index (Phi) is 4.43. The van der Waals surface area contributed by atoms with Gasteiger partial charge in [0.1, 0.15) is 0 Å².